The first kappa shape index (κ1) is 15.1. The van der Waals surface area contributed by atoms with Crippen molar-refractivity contribution in [3.05, 3.63) is 4.88 Å². The Morgan fingerprint density at radius 2 is 2.15 bits per heavy atom. The average Bonchev–Trinajstić information content (AvgIpc) is 3.06. The van der Waals surface area contributed by atoms with Crippen LogP contribution in [0.1, 0.15) is 55.6 Å². The average molecular weight is 296 g/mol. The largest absolute Gasteiger partial charge is 0.382 e. The molecular formula is C14H24N4OS. The van der Waals surface area contributed by atoms with Crippen LogP contribution in [0.2, 0.25) is 0 Å². The van der Waals surface area contributed by atoms with Gasteiger partial charge in [-0.05, 0) is 25.7 Å². The van der Waals surface area contributed by atoms with Gasteiger partial charge in [0, 0.05) is 19.1 Å². The van der Waals surface area contributed by atoms with Crippen LogP contribution in [0.3, 0.4) is 0 Å². The number of carbonyl (C=O) groups is 1. The summed E-state index contributed by atoms with van der Waals surface area (Å²) in [4.78, 5) is 19.4. The minimum absolute atomic E-state index is 0.0780. The molecule has 1 aromatic heterocycles. The van der Waals surface area contributed by atoms with Gasteiger partial charge >= 0.3 is 0 Å². The van der Waals surface area contributed by atoms with Crippen LogP contribution >= 0.6 is 11.3 Å². The fourth-order valence-corrected chi connectivity index (χ4v) is 3.44. The highest BCUT2D eigenvalue weighted by Crippen LogP contribution is 2.30. The number of nitrogens with zero attached hydrogens (tertiary/aromatic N) is 2. The number of rotatable bonds is 6. The Labute approximate surface area is 124 Å². The van der Waals surface area contributed by atoms with Gasteiger partial charge in [0.15, 0.2) is 5.13 Å². The predicted octanol–water partition coefficient (Wildman–Crippen LogP) is 2.63. The maximum Gasteiger partial charge on any atom is 0.265 e. The lowest BCUT2D eigenvalue weighted by Gasteiger charge is -2.15. The second kappa shape index (κ2) is 6.92. The Bertz CT molecular complexity index is 454. The number of aromatic nitrogens is 1. The third-order valence-corrected chi connectivity index (χ3v) is 4.82. The molecule has 2 heterocycles. The van der Waals surface area contributed by atoms with E-state index < -0.39 is 0 Å². The minimum Gasteiger partial charge on any atom is -0.382 e. The summed E-state index contributed by atoms with van der Waals surface area (Å²) in [6.07, 6.45) is 5.39. The van der Waals surface area contributed by atoms with Crippen LogP contribution < -0.4 is 16.0 Å². The van der Waals surface area contributed by atoms with E-state index >= 15 is 0 Å². The number of hydrogen-bond acceptors (Lipinski definition) is 5. The van der Waals surface area contributed by atoms with Crippen molar-refractivity contribution in [1.29, 1.82) is 0 Å². The normalized spacial score (nSPS) is 16.4. The van der Waals surface area contributed by atoms with Gasteiger partial charge in [0.2, 0.25) is 0 Å². The first-order valence-electron chi connectivity index (χ1n) is 7.47. The van der Waals surface area contributed by atoms with E-state index in [2.05, 4.69) is 29.0 Å². The van der Waals surface area contributed by atoms with Gasteiger partial charge in [-0.2, -0.15) is 0 Å². The van der Waals surface area contributed by atoms with Crippen LogP contribution in [0, 0.1) is 0 Å². The molecule has 1 aliphatic rings. The summed E-state index contributed by atoms with van der Waals surface area (Å²) in [5.74, 6) is 0.284. The van der Waals surface area contributed by atoms with Gasteiger partial charge in [-0.15, -0.1) is 0 Å². The number of amides is 1. The van der Waals surface area contributed by atoms with E-state index in [9.17, 15) is 4.79 Å². The van der Waals surface area contributed by atoms with Crippen LogP contribution in [0.25, 0.3) is 0 Å². The first-order valence-corrected chi connectivity index (χ1v) is 8.29. The van der Waals surface area contributed by atoms with Crippen LogP contribution in [0.4, 0.5) is 10.9 Å². The van der Waals surface area contributed by atoms with Gasteiger partial charge in [0.05, 0.1) is 0 Å². The van der Waals surface area contributed by atoms with E-state index in [0.717, 1.165) is 37.5 Å². The number of anilines is 2. The number of carbonyl (C=O) groups excluding carboxylic acids is 1. The lowest BCUT2D eigenvalue weighted by atomic mass is 10.1. The molecule has 1 fully saturated rings. The Morgan fingerprint density at radius 1 is 1.45 bits per heavy atom. The molecule has 1 aliphatic heterocycles. The summed E-state index contributed by atoms with van der Waals surface area (Å²) in [5.41, 5.74) is 5.91. The van der Waals surface area contributed by atoms with E-state index in [0.29, 0.717) is 10.7 Å². The first-order chi connectivity index (χ1) is 9.65. The second-order valence-corrected chi connectivity index (χ2v) is 6.25. The molecule has 1 aromatic rings. The number of thiazole rings is 1. The monoisotopic (exact) mass is 296 g/mol. The van der Waals surface area contributed by atoms with Crippen molar-refractivity contribution in [2.75, 3.05) is 23.7 Å². The maximum atomic E-state index is 12.3. The molecule has 0 saturated carbocycles. The summed E-state index contributed by atoms with van der Waals surface area (Å²) in [7, 11) is 0. The van der Waals surface area contributed by atoms with E-state index in [4.69, 9.17) is 5.73 Å². The Morgan fingerprint density at radius 3 is 2.75 bits per heavy atom. The third-order valence-electron chi connectivity index (χ3n) is 3.69. The fraction of sp³-hybridized carbons (Fsp3) is 0.714. The van der Waals surface area contributed by atoms with Gasteiger partial charge in [-0.3, -0.25) is 4.79 Å². The number of nitrogens with two attached hydrogens (primary N) is 1. The van der Waals surface area contributed by atoms with E-state index in [1.807, 2.05) is 0 Å². The molecule has 1 unspecified atom stereocenters. The van der Waals surface area contributed by atoms with E-state index in [1.54, 1.807) is 0 Å². The molecule has 3 N–H and O–H groups in total. The molecule has 1 amide bonds. The molecule has 20 heavy (non-hydrogen) atoms. The standard InChI is InChI=1S/C14H24N4OS/c1-3-7-10(4-2)16-13(19)11-12(15)17-14(20-11)18-8-5-6-9-18/h10H,3-9,15H2,1-2H3,(H,16,19). The van der Waals surface area contributed by atoms with Crippen molar-refractivity contribution < 1.29 is 4.79 Å². The van der Waals surface area contributed by atoms with Crippen molar-refractivity contribution in [1.82, 2.24) is 10.3 Å². The zero-order valence-corrected chi connectivity index (χ0v) is 13.1. The molecule has 112 valence electrons. The molecule has 5 nitrogen and oxygen atoms in total. The lowest BCUT2D eigenvalue weighted by molar-refractivity contribution is 0.0938. The summed E-state index contributed by atoms with van der Waals surface area (Å²) < 4.78 is 0. The zero-order valence-electron chi connectivity index (χ0n) is 12.3. The molecule has 0 bridgehead atoms. The summed E-state index contributed by atoms with van der Waals surface area (Å²) in [5, 5.41) is 3.94. The Balaban J connectivity index is 2.05. The van der Waals surface area contributed by atoms with Crippen molar-refractivity contribution in [2.45, 2.75) is 52.0 Å². The van der Waals surface area contributed by atoms with Crippen molar-refractivity contribution in [3.63, 3.8) is 0 Å². The molecule has 0 radical (unpaired) electrons. The van der Waals surface area contributed by atoms with Gasteiger partial charge in [-0.25, -0.2) is 4.98 Å². The molecule has 6 heteroatoms. The van der Waals surface area contributed by atoms with Gasteiger partial charge in [0.25, 0.3) is 5.91 Å². The summed E-state index contributed by atoms with van der Waals surface area (Å²) >= 11 is 1.41. The fourth-order valence-electron chi connectivity index (χ4n) is 2.50. The molecule has 0 aliphatic carbocycles. The number of nitrogen functional groups attached to an aromatic ring is 1. The van der Waals surface area contributed by atoms with Crippen LogP contribution in [-0.2, 0) is 0 Å². The van der Waals surface area contributed by atoms with Crippen molar-refractivity contribution >= 4 is 28.2 Å². The van der Waals surface area contributed by atoms with Crippen LogP contribution in [0.15, 0.2) is 0 Å². The van der Waals surface area contributed by atoms with Crippen LogP contribution in [0.5, 0.6) is 0 Å². The van der Waals surface area contributed by atoms with Crippen LogP contribution in [-0.4, -0.2) is 30.0 Å². The van der Waals surface area contributed by atoms with E-state index in [1.165, 1.54) is 24.2 Å². The lowest BCUT2D eigenvalue weighted by Crippen LogP contribution is -2.34. The molecule has 1 atom stereocenters. The molecular weight excluding hydrogens is 272 g/mol. The SMILES string of the molecule is CCCC(CC)NC(=O)c1sc(N2CCCC2)nc1N. The van der Waals surface area contributed by atoms with Gasteiger partial charge in [-0.1, -0.05) is 31.6 Å². The van der Waals surface area contributed by atoms with E-state index in [-0.39, 0.29) is 11.9 Å². The third kappa shape index (κ3) is 3.42. The van der Waals surface area contributed by atoms with Crippen molar-refractivity contribution in [2.24, 2.45) is 0 Å². The van der Waals surface area contributed by atoms with Gasteiger partial charge < -0.3 is 16.0 Å². The highest BCUT2D eigenvalue weighted by Gasteiger charge is 2.22. The Kier molecular flexibility index (Phi) is 5.23. The molecule has 1 saturated heterocycles. The number of hydrogen-bond donors (Lipinski definition) is 2. The minimum atomic E-state index is -0.0780. The zero-order chi connectivity index (χ0) is 14.5. The predicted molar refractivity (Wildman–Crippen MR) is 84.4 cm³/mol. The molecule has 0 spiro atoms. The van der Waals surface area contributed by atoms with Crippen molar-refractivity contribution in [3.8, 4) is 0 Å². The smallest absolute Gasteiger partial charge is 0.265 e. The topological polar surface area (TPSA) is 71.2 Å². The quantitative estimate of drug-likeness (QED) is 0.846. The summed E-state index contributed by atoms with van der Waals surface area (Å²) in [6.45, 7) is 6.25. The highest BCUT2D eigenvalue weighted by atomic mass is 32.1. The molecule has 2 rings (SSSR count). The Hall–Kier alpha value is -1.30. The van der Waals surface area contributed by atoms with Gasteiger partial charge in [0.1, 0.15) is 10.7 Å². The highest BCUT2D eigenvalue weighted by molar-refractivity contribution is 7.18. The molecule has 0 aromatic carbocycles. The summed E-state index contributed by atoms with van der Waals surface area (Å²) in [6, 6.07) is 0.226. The second-order valence-electron chi connectivity index (χ2n) is 5.27. The maximum absolute atomic E-state index is 12.3. The number of nitrogens with one attached hydrogen (secondary N) is 1.